The van der Waals surface area contributed by atoms with Crippen molar-refractivity contribution in [1.82, 2.24) is 0 Å². The highest BCUT2D eigenvalue weighted by Gasteiger charge is 2.21. The Morgan fingerprint density at radius 1 is 1.14 bits per heavy atom. The third-order valence-corrected chi connectivity index (χ3v) is 2.58. The smallest absolute Gasteiger partial charge is 0.0561 e. The van der Waals surface area contributed by atoms with Gasteiger partial charge in [-0.15, -0.1) is 0 Å². The van der Waals surface area contributed by atoms with E-state index in [2.05, 4.69) is 32.7 Å². The van der Waals surface area contributed by atoms with E-state index in [0.717, 1.165) is 0 Å². The molecule has 0 radical (unpaired) electrons. The highest BCUT2D eigenvalue weighted by atomic mass is 14.8. The van der Waals surface area contributed by atoms with E-state index < -0.39 is 0 Å². The summed E-state index contributed by atoms with van der Waals surface area (Å²) in [5.41, 5.74) is 4.42. The SMILES string of the molecule is Cc1cc([N+]#N)cc(C(C)(C)C)c1C. The average Bonchev–Trinajstić information content (AvgIpc) is 2.07. The topological polar surface area (TPSA) is 28.1 Å². The Balaban J connectivity index is 3.44. The van der Waals surface area contributed by atoms with Gasteiger partial charge in [0.15, 0.2) is 4.98 Å². The third kappa shape index (κ3) is 1.93. The molecule has 74 valence electrons. The predicted molar refractivity (Wildman–Crippen MR) is 59.4 cm³/mol. The summed E-state index contributed by atoms with van der Waals surface area (Å²) in [6.45, 7) is 10.6. The van der Waals surface area contributed by atoms with Crippen LogP contribution < -0.4 is 0 Å². The lowest BCUT2D eigenvalue weighted by atomic mass is 9.82. The van der Waals surface area contributed by atoms with Crippen molar-refractivity contribution in [3.63, 3.8) is 0 Å². The van der Waals surface area contributed by atoms with E-state index in [9.17, 15) is 0 Å². The number of hydrogen-bond acceptors (Lipinski definition) is 1. The molecule has 1 rings (SSSR count). The minimum absolute atomic E-state index is 0.0928. The molecule has 0 spiro atoms. The van der Waals surface area contributed by atoms with Crippen LogP contribution in [0.2, 0.25) is 0 Å². The molecule has 14 heavy (non-hydrogen) atoms. The van der Waals surface area contributed by atoms with Crippen LogP contribution in [-0.2, 0) is 5.41 Å². The highest BCUT2D eigenvalue weighted by Crippen LogP contribution is 2.31. The first-order chi connectivity index (χ1) is 6.36. The second kappa shape index (κ2) is 3.42. The van der Waals surface area contributed by atoms with Crippen LogP contribution in [0.4, 0.5) is 5.69 Å². The normalized spacial score (nSPS) is 11.1. The van der Waals surface area contributed by atoms with Gasteiger partial charge >= 0.3 is 5.69 Å². The van der Waals surface area contributed by atoms with E-state index >= 15 is 0 Å². The summed E-state index contributed by atoms with van der Waals surface area (Å²) in [6.07, 6.45) is 0. The molecule has 0 aliphatic rings. The van der Waals surface area contributed by atoms with Crippen LogP contribution in [0.3, 0.4) is 0 Å². The fourth-order valence-electron chi connectivity index (χ4n) is 1.68. The van der Waals surface area contributed by atoms with Gasteiger partial charge in [0, 0.05) is 12.1 Å². The zero-order valence-electron chi connectivity index (χ0n) is 9.55. The molecule has 1 aromatic rings. The maximum Gasteiger partial charge on any atom is 0.385 e. The molecule has 0 N–H and O–H groups in total. The maximum absolute atomic E-state index is 8.77. The molecule has 2 heteroatoms. The van der Waals surface area contributed by atoms with E-state index in [1.165, 1.54) is 16.7 Å². The van der Waals surface area contributed by atoms with E-state index in [0.29, 0.717) is 5.69 Å². The van der Waals surface area contributed by atoms with Gasteiger partial charge in [0.05, 0.1) is 0 Å². The van der Waals surface area contributed by atoms with Crippen LogP contribution in [0.15, 0.2) is 12.1 Å². The fourth-order valence-corrected chi connectivity index (χ4v) is 1.68. The number of benzene rings is 1. The summed E-state index contributed by atoms with van der Waals surface area (Å²) in [6, 6.07) is 3.84. The van der Waals surface area contributed by atoms with Gasteiger partial charge in [-0.2, -0.15) is 0 Å². The lowest BCUT2D eigenvalue weighted by Gasteiger charge is -2.21. The Morgan fingerprint density at radius 2 is 1.71 bits per heavy atom. The molecule has 0 saturated heterocycles. The van der Waals surface area contributed by atoms with E-state index in [4.69, 9.17) is 5.39 Å². The molecule has 0 saturated carbocycles. The highest BCUT2D eigenvalue weighted by molar-refractivity contribution is 5.54. The van der Waals surface area contributed by atoms with Crippen LogP contribution in [0.25, 0.3) is 4.98 Å². The monoisotopic (exact) mass is 189 g/mol. The first-order valence-corrected chi connectivity index (χ1v) is 4.83. The molecule has 0 bridgehead atoms. The summed E-state index contributed by atoms with van der Waals surface area (Å²) < 4.78 is 0. The lowest BCUT2D eigenvalue weighted by Crippen LogP contribution is -2.13. The second-order valence-electron chi connectivity index (χ2n) is 4.79. The molecule has 0 aliphatic heterocycles. The second-order valence-corrected chi connectivity index (χ2v) is 4.79. The Morgan fingerprint density at radius 3 is 2.14 bits per heavy atom. The molecule has 0 atom stereocenters. The minimum atomic E-state index is 0.0928. The van der Waals surface area contributed by atoms with Gasteiger partial charge < -0.3 is 0 Å². The van der Waals surface area contributed by atoms with Crippen molar-refractivity contribution in [3.8, 4) is 0 Å². The number of hydrogen-bond donors (Lipinski definition) is 0. The van der Waals surface area contributed by atoms with Crippen molar-refractivity contribution in [3.05, 3.63) is 33.8 Å². The third-order valence-electron chi connectivity index (χ3n) is 2.58. The van der Waals surface area contributed by atoms with E-state index in [1.54, 1.807) is 0 Å². The van der Waals surface area contributed by atoms with Crippen LogP contribution in [0.1, 0.15) is 37.5 Å². The van der Waals surface area contributed by atoms with Crippen molar-refractivity contribution in [2.24, 2.45) is 0 Å². The maximum atomic E-state index is 8.77. The molecule has 0 unspecified atom stereocenters. The van der Waals surface area contributed by atoms with E-state index in [-0.39, 0.29) is 5.41 Å². The molecule has 0 aromatic heterocycles. The molecule has 2 nitrogen and oxygen atoms in total. The van der Waals surface area contributed by atoms with Crippen LogP contribution >= 0.6 is 0 Å². The predicted octanol–water partition coefficient (Wildman–Crippen LogP) is 4.09. The summed E-state index contributed by atoms with van der Waals surface area (Å²) in [5.74, 6) is 0. The van der Waals surface area contributed by atoms with Gasteiger partial charge in [0.25, 0.3) is 0 Å². The quantitative estimate of drug-likeness (QED) is 0.565. The molecular formula is C12H17N2+. The molecule has 1 aromatic carbocycles. The van der Waals surface area contributed by atoms with Crippen LogP contribution in [0.5, 0.6) is 0 Å². The van der Waals surface area contributed by atoms with Gasteiger partial charge in [0.1, 0.15) is 0 Å². The molecule has 0 heterocycles. The fraction of sp³-hybridized carbons (Fsp3) is 0.500. The van der Waals surface area contributed by atoms with Crippen molar-refractivity contribution in [2.45, 2.75) is 40.0 Å². The first kappa shape index (κ1) is 10.7. The van der Waals surface area contributed by atoms with E-state index in [1.807, 2.05) is 19.1 Å². The largest absolute Gasteiger partial charge is 0.385 e. The van der Waals surface area contributed by atoms with Gasteiger partial charge in [-0.25, -0.2) is 0 Å². The van der Waals surface area contributed by atoms with Gasteiger partial charge in [-0.05, 0) is 36.0 Å². The molecule has 0 aliphatic carbocycles. The molecular weight excluding hydrogens is 172 g/mol. The molecule has 0 amide bonds. The average molecular weight is 189 g/mol. The van der Waals surface area contributed by atoms with Crippen molar-refractivity contribution in [1.29, 1.82) is 5.39 Å². The Bertz CT molecular complexity index is 392. The zero-order chi connectivity index (χ0) is 10.9. The number of aryl methyl sites for hydroxylation is 1. The molecule has 0 fully saturated rings. The Kier molecular flexibility index (Phi) is 2.62. The number of rotatable bonds is 0. The van der Waals surface area contributed by atoms with Crippen LogP contribution in [-0.4, -0.2) is 0 Å². The van der Waals surface area contributed by atoms with Gasteiger partial charge in [-0.1, -0.05) is 20.8 Å². The summed E-state index contributed by atoms with van der Waals surface area (Å²) in [4.78, 5) is 3.25. The summed E-state index contributed by atoms with van der Waals surface area (Å²) >= 11 is 0. The number of nitrogens with zero attached hydrogens (tertiary/aromatic N) is 2. The summed E-state index contributed by atoms with van der Waals surface area (Å²) in [5, 5.41) is 8.77. The van der Waals surface area contributed by atoms with Crippen molar-refractivity contribution in [2.75, 3.05) is 0 Å². The lowest BCUT2D eigenvalue weighted by molar-refractivity contribution is 0.586. The van der Waals surface area contributed by atoms with Crippen LogP contribution in [0, 0.1) is 19.2 Å². The minimum Gasteiger partial charge on any atom is -0.0561 e. The number of diazo groups is 1. The standard InChI is InChI=1S/C12H17N2/c1-8-6-10(14-13)7-11(9(8)2)12(3,4)5/h6-7H,1-5H3/q+1. The van der Waals surface area contributed by atoms with Gasteiger partial charge in [0.2, 0.25) is 5.39 Å². The summed E-state index contributed by atoms with van der Waals surface area (Å²) in [7, 11) is 0. The van der Waals surface area contributed by atoms with Crippen molar-refractivity contribution >= 4 is 5.69 Å². The zero-order valence-corrected chi connectivity index (χ0v) is 9.55. The Labute approximate surface area is 85.6 Å². The van der Waals surface area contributed by atoms with Gasteiger partial charge in [-0.3, -0.25) is 0 Å². The first-order valence-electron chi connectivity index (χ1n) is 4.83. The van der Waals surface area contributed by atoms with Crippen molar-refractivity contribution < 1.29 is 0 Å². The Hall–Kier alpha value is -1.36.